The Kier molecular flexibility index (Phi) is 7.53. The number of non-ortho nitro benzene ring substituents is 1. The zero-order chi connectivity index (χ0) is 23.5. The molecule has 1 aliphatic rings. The molecular formula is C23H31N3O5S. The van der Waals surface area contributed by atoms with Gasteiger partial charge in [0.25, 0.3) is 5.69 Å². The highest BCUT2D eigenvalue weighted by Gasteiger charge is 2.33. The average molecular weight is 462 g/mol. The van der Waals surface area contributed by atoms with E-state index in [-0.39, 0.29) is 16.3 Å². The van der Waals surface area contributed by atoms with Gasteiger partial charge in [0.05, 0.1) is 4.92 Å². The van der Waals surface area contributed by atoms with Crippen molar-refractivity contribution < 1.29 is 18.1 Å². The lowest BCUT2D eigenvalue weighted by Crippen LogP contribution is -2.51. The van der Waals surface area contributed by atoms with Crippen molar-refractivity contribution in [2.75, 3.05) is 26.2 Å². The molecule has 1 heterocycles. The van der Waals surface area contributed by atoms with Crippen LogP contribution in [0.1, 0.15) is 37.8 Å². The Hall–Kier alpha value is -2.49. The van der Waals surface area contributed by atoms with Crippen LogP contribution >= 0.6 is 0 Å². The number of ether oxygens (including phenoxy) is 1. The van der Waals surface area contributed by atoms with Crippen LogP contribution in [-0.4, -0.2) is 54.8 Å². The van der Waals surface area contributed by atoms with Crippen molar-refractivity contribution >= 4 is 15.7 Å². The molecule has 3 rings (SSSR count). The molecule has 9 heteroatoms. The molecule has 2 aromatic carbocycles. The highest BCUT2D eigenvalue weighted by atomic mass is 32.2. The number of rotatable bonds is 8. The van der Waals surface area contributed by atoms with Gasteiger partial charge in [0.1, 0.15) is 16.4 Å². The summed E-state index contributed by atoms with van der Waals surface area (Å²) in [6.45, 7) is 10.1. The molecule has 0 atom stereocenters. The quantitative estimate of drug-likeness (QED) is 0.424. The van der Waals surface area contributed by atoms with Crippen LogP contribution < -0.4 is 4.74 Å². The van der Waals surface area contributed by atoms with Gasteiger partial charge in [-0.05, 0) is 56.0 Å². The summed E-state index contributed by atoms with van der Waals surface area (Å²) in [5.41, 5.74) is 1.67. The normalized spacial score (nSPS) is 15.8. The predicted molar refractivity (Wildman–Crippen MR) is 124 cm³/mol. The number of sulfonamides is 1. The molecule has 1 saturated heterocycles. The molecule has 0 aliphatic carbocycles. The largest absolute Gasteiger partial charge is 0.456 e. The lowest BCUT2D eigenvalue weighted by Gasteiger charge is -2.38. The molecule has 32 heavy (non-hydrogen) atoms. The summed E-state index contributed by atoms with van der Waals surface area (Å²) >= 11 is 0. The number of nitro groups is 1. The van der Waals surface area contributed by atoms with Gasteiger partial charge in [-0.1, -0.05) is 19.9 Å². The van der Waals surface area contributed by atoms with E-state index in [0.29, 0.717) is 38.0 Å². The average Bonchev–Trinajstić information content (AvgIpc) is 2.74. The molecule has 0 saturated carbocycles. The number of nitrogens with zero attached hydrogens (tertiary/aromatic N) is 3. The van der Waals surface area contributed by atoms with Gasteiger partial charge in [-0.3, -0.25) is 15.0 Å². The van der Waals surface area contributed by atoms with Crippen molar-refractivity contribution in [1.29, 1.82) is 0 Å². The van der Waals surface area contributed by atoms with Crippen LogP contribution in [0.5, 0.6) is 11.5 Å². The third-order valence-corrected chi connectivity index (χ3v) is 7.83. The monoisotopic (exact) mass is 461 g/mol. The van der Waals surface area contributed by atoms with Crippen molar-refractivity contribution in [1.82, 2.24) is 9.21 Å². The molecule has 1 fully saturated rings. The molecule has 2 aromatic rings. The minimum atomic E-state index is -3.97. The molecule has 1 aliphatic heterocycles. The highest BCUT2D eigenvalue weighted by Crippen LogP contribution is 2.35. The standard InChI is InChI=1S/C23H31N3O5S/c1-5-19(6-2)24-9-11-25(12-10-24)32(29,30)23-16-20(26(27)28)7-8-22(23)31-21-14-17(3)13-18(4)15-21/h7-8,13-16,19H,5-6,9-12H2,1-4H3. The van der Waals surface area contributed by atoms with E-state index < -0.39 is 14.9 Å². The van der Waals surface area contributed by atoms with Gasteiger partial charge in [-0.2, -0.15) is 4.31 Å². The molecule has 0 radical (unpaired) electrons. The van der Waals surface area contributed by atoms with Gasteiger partial charge < -0.3 is 4.74 Å². The first-order valence-corrected chi connectivity index (χ1v) is 12.4. The number of nitro benzene ring substituents is 1. The van der Waals surface area contributed by atoms with Gasteiger partial charge in [0.2, 0.25) is 10.0 Å². The van der Waals surface area contributed by atoms with E-state index in [1.807, 2.05) is 19.9 Å². The minimum Gasteiger partial charge on any atom is -0.456 e. The summed E-state index contributed by atoms with van der Waals surface area (Å²) in [6, 6.07) is 9.75. The third kappa shape index (κ3) is 5.28. The first-order valence-electron chi connectivity index (χ1n) is 10.9. The van der Waals surface area contributed by atoms with Crippen molar-refractivity contribution in [3.63, 3.8) is 0 Å². The summed E-state index contributed by atoms with van der Waals surface area (Å²) in [5, 5.41) is 11.3. The summed E-state index contributed by atoms with van der Waals surface area (Å²) < 4.78 is 34.4. The molecule has 174 valence electrons. The molecular weight excluding hydrogens is 430 g/mol. The Bertz CT molecular complexity index is 1050. The van der Waals surface area contributed by atoms with E-state index in [2.05, 4.69) is 18.7 Å². The zero-order valence-corrected chi connectivity index (χ0v) is 19.9. The first kappa shape index (κ1) is 24.2. The van der Waals surface area contributed by atoms with Crippen molar-refractivity contribution in [3.8, 4) is 11.5 Å². The molecule has 0 amide bonds. The van der Waals surface area contributed by atoms with Crippen LogP contribution in [0.4, 0.5) is 5.69 Å². The van der Waals surface area contributed by atoms with Crippen LogP contribution in [0.25, 0.3) is 0 Å². The van der Waals surface area contributed by atoms with Crippen LogP contribution in [0, 0.1) is 24.0 Å². The summed E-state index contributed by atoms with van der Waals surface area (Å²) in [7, 11) is -3.97. The Labute approximate surface area is 190 Å². The van der Waals surface area contributed by atoms with E-state index >= 15 is 0 Å². The maximum absolute atomic E-state index is 13.5. The van der Waals surface area contributed by atoms with Crippen LogP contribution in [0.15, 0.2) is 41.3 Å². The van der Waals surface area contributed by atoms with E-state index in [1.165, 1.54) is 16.4 Å². The second-order valence-electron chi connectivity index (χ2n) is 8.22. The lowest BCUT2D eigenvalue weighted by molar-refractivity contribution is -0.385. The number of aryl methyl sites for hydroxylation is 2. The summed E-state index contributed by atoms with van der Waals surface area (Å²) in [6.07, 6.45) is 2.03. The molecule has 0 N–H and O–H groups in total. The maximum Gasteiger partial charge on any atom is 0.271 e. The molecule has 0 aromatic heterocycles. The van der Waals surface area contributed by atoms with Gasteiger partial charge in [-0.25, -0.2) is 8.42 Å². The van der Waals surface area contributed by atoms with E-state index in [9.17, 15) is 18.5 Å². The highest BCUT2D eigenvalue weighted by molar-refractivity contribution is 7.89. The van der Waals surface area contributed by atoms with Crippen LogP contribution in [-0.2, 0) is 10.0 Å². The van der Waals surface area contributed by atoms with Crippen molar-refractivity contribution in [3.05, 3.63) is 57.6 Å². The Balaban J connectivity index is 1.93. The molecule has 0 spiro atoms. The fourth-order valence-corrected chi connectivity index (χ4v) is 5.82. The Morgan fingerprint density at radius 3 is 2.12 bits per heavy atom. The van der Waals surface area contributed by atoms with Gasteiger partial charge >= 0.3 is 0 Å². The lowest BCUT2D eigenvalue weighted by atomic mass is 10.1. The van der Waals surface area contributed by atoms with Gasteiger partial charge in [0.15, 0.2) is 0 Å². The van der Waals surface area contributed by atoms with Gasteiger partial charge in [0, 0.05) is 44.4 Å². The number of benzene rings is 2. The Morgan fingerprint density at radius 2 is 1.59 bits per heavy atom. The first-order chi connectivity index (χ1) is 15.1. The van der Waals surface area contributed by atoms with E-state index in [4.69, 9.17) is 4.74 Å². The Morgan fingerprint density at radius 1 is 1.00 bits per heavy atom. The number of hydrogen-bond acceptors (Lipinski definition) is 6. The minimum absolute atomic E-state index is 0.0861. The smallest absolute Gasteiger partial charge is 0.271 e. The third-order valence-electron chi connectivity index (χ3n) is 5.91. The second-order valence-corrected chi connectivity index (χ2v) is 10.1. The molecule has 8 nitrogen and oxygen atoms in total. The topological polar surface area (TPSA) is 93.0 Å². The SMILES string of the molecule is CCC(CC)N1CCN(S(=O)(=O)c2cc([N+](=O)[O-])ccc2Oc2cc(C)cc(C)c2)CC1. The summed E-state index contributed by atoms with van der Waals surface area (Å²) in [5.74, 6) is 0.578. The van der Waals surface area contributed by atoms with Crippen LogP contribution in [0.2, 0.25) is 0 Å². The molecule has 0 bridgehead atoms. The summed E-state index contributed by atoms with van der Waals surface area (Å²) in [4.78, 5) is 12.9. The maximum atomic E-state index is 13.5. The van der Waals surface area contributed by atoms with E-state index in [0.717, 1.165) is 30.0 Å². The second kappa shape index (κ2) is 9.97. The zero-order valence-electron chi connectivity index (χ0n) is 19.1. The predicted octanol–water partition coefficient (Wildman–Crippen LogP) is 4.50. The number of piperazine rings is 1. The van der Waals surface area contributed by atoms with Crippen molar-refractivity contribution in [2.24, 2.45) is 0 Å². The van der Waals surface area contributed by atoms with Gasteiger partial charge in [-0.15, -0.1) is 0 Å². The fraction of sp³-hybridized carbons (Fsp3) is 0.478. The molecule has 0 unspecified atom stereocenters. The van der Waals surface area contributed by atoms with Crippen molar-refractivity contribution in [2.45, 2.75) is 51.5 Å². The van der Waals surface area contributed by atoms with E-state index in [1.54, 1.807) is 12.1 Å². The van der Waals surface area contributed by atoms with Crippen LogP contribution in [0.3, 0.4) is 0 Å². The fourth-order valence-electron chi connectivity index (χ4n) is 4.27. The number of hydrogen-bond donors (Lipinski definition) is 0.